The molecule has 0 radical (unpaired) electrons. The number of ether oxygens (including phenoxy) is 1. The van der Waals surface area contributed by atoms with Crippen LogP contribution in [0.25, 0.3) is 0 Å². The predicted molar refractivity (Wildman–Crippen MR) is 91.8 cm³/mol. The van der Waals surface area contributed by atoms with Crippen LogP contribution in [0.15, 0.2) is 48.5 Å². The van der Waals surface area contributed by atoms with Gasteiger partial charge in [-0.1, -0.05) is 54.1 Å². The van der Waals surface area contributed by atoms with Crippen molar-refractivity contribution in [3.8, 4) is 0 Å². The molecule has 0 aliphatic rings. The lowest BCUT2D eigenvalue weighted by molar-refractivity contribution is 0.0184. The second kappa shape index (κ2) is 8.68. The fraction of sp³-hybridized carbons (Fsp3) is 0.278. The first-order valence-corrected chi connectivity index (χ1v) is 7.92. The Labute approximate surface area is 145 Å². The molecule has 2 atom stereocenters. The van der Waals surface area contributed by atoms with E-state index in [4.69, 9.17) is 16.3 Å². The van der Waals surface area contributed by atoms with Gasteiger partial charge in [0.15, 0.2) is 0 Å². The number of benzene rings is 2. The molecular formula is C18H20ClNO4. The van der Waals surface area contributed by atoms with Gasteiger partial charge >= 0.3 is 6.09 Å². The largest absolute Gasteiger partial charge is 0.445 e. The molecule has 6 heteroatoms. The molecule has 1 amide bonds. The van der Waals surface area contributed by atoms with Crippen LogP contribution in [0.4, 0.5) is 4.79 Å². The van der Waals surface area contributed by atoms with E-state index < -0.39 is 18.3 Å². The van der Waals surface area contributed by atoms with Crippen LogP contribution >= 0.6 is 11.6 Å². The second-order valence-electron chi connectivity index (χ2n) is 5.46. The molecule has 0 aromatic heterocycles. The lowest BCUT2D eigenvalue weighted by atomic mass is 10.0. The van der Waals surface area contributed by atoms with E-state index in [1.165, 1.54) is 0 Å². The van der Waals surface area contributed by atoms with Gasteiger partial charge in [0.1, 0.15) is 18.8 Å². The highest BCUT2D eigenvalue weighted by Crippen LogP contribution is 2.22. The van der Waals surface area contributed by atoms with Crippen LogP contribution in [-0.4, -0.2) is 29.0 Å². The third-order valence-electron chi connectivity index (χ3n) is 3.56. The Morgan fingerprint density at radius 2 is 1.92 bits per heavy atom. The van der Waals surface area contributed by atoms with Gasteiger partial charge in [-0.3, -0.25) is 0 Å². The van der Waals surface area contributed by atoms with Crippen LogP contribution in [0.2, 0.25) is 5.02 Å². The molecule has 3 N–H and O–H groups in total. The Kier molecular flexibility index (Phi) is 6.61. The topological polar surface area (TPSA) is 78.8 Å². The van der Waals surface area contributed by atoms with Crippen molar-refractivity contribution in [1.29, 1.82) is 0 Å². The van der Waals surface area contributed by atoms with Crippen molar-refractivity contribution in [3.63, 3.8) is 0 Å². The summed E-state index contributed by atoms with van der Waals surface area (Å²) in [6, 6.07) is 14.3. The Balaban J connectivity index is 1.80. The van der Waals surface area contributed by atoms with Crippen LogP contribution in [-0.2, 0) is 11.3 Å². The average molecular weight is 350 g/mol. The Bertz CT molecular complexity index is 678. The Morgan fingerprint density at radius 3 is 2.58 bits per heavy atom. The molecule has 2 unspecified atom stereocenters. The van der Waals surface area contributed by atoms with Gasteiger partial charge in [0, 0.05) is 11.6 Å². The first kappa shape index (κ1) is 18.3. The molecule has 0 fully saturated rings. The van der Waals surface area contributed by atoms with E-state index in [1.807, 2.05) is 37.3 Å². The third kappa shape index (κ3) is 5.23. The zero-order valence-corrected chi connectivity index (χ0v) is 14.0. The van der Waals surface area contributed by atoms with E-state index in [2.05, 4.69) is 5.32 Å². The first-order chi connectivity index (χ1) is 11.5. The van der Waals surface area contributed by atoms with Gasteiger partial charge in [-0.25, -0.2) is 4.79 Å². The lowest BCUT2D eigenvalue weighted by Crippen LogP contribution is -2.35. The Morgan fingerprint density at radius 1 is 1.21 bits per heavy atom. The number of hydrogen-bond acceptors (Lipinski definition) is 4. The van der Waals surface area contributed by atoms with E-state index >= 15 is 0 Å². The first-order valence-electron chi connectivity index (χ1n) is 7.54. The van der Waals surface area contributed by atoms with Gasteiger partial charge in [0.2, 0.25) is 0 Å². The van der Waals surface area contributed by atoms with Crippen molar-refractivity contribution in [1.82, 2.24) is 5.32 Å². The molecule has 0 spiro atoms. The summed E-state index contributed by atoms with van der Waals surface area (Å²) in [5.41, 5.74) is 2.20. The number of amides is 1. The number of hydrogen-bond donors (Lipinski definition) is 3. The zero-order valence-electron chi connectivity index (χ0n) is 13.3. The SMILES string of the molecule is Cc1cc(C(O)C(O)CNC(=O)OCc2ccccc2)ccc1Cl. The maximum absolute atomic E-state index is 11.6. The van der Waals surface area contributed by atoms with E-state index in [0.717, 1.165) is 11.1 Å². The van der Waals surface area contributed by atoms with Gasteiger partial charge < -0.3 is 20.3 Å². The van der Waals surface area contributed by atoms with Crippen molar-refractivity contribution in [2.45, 2.75) is 25.7 Å². The van der Waals surface area contributed by atoms with E-state index in [0.29, 0.717) is 10.6 Å². The molecule has 0 bridgehead atoms. The fourth-order valence-corrected chi connectivity index (χ4v) is 2.27. The van der Waals surface area contributed by atoms with Crippen LogP contribution in [0.5, 0.6) is 0 Å². The minimum atomic E-state index is -1.16. The van der Waals surface area contributed by atoms with E-state index in [-0.39, 0.29) is 13.2 Å². The van der Waals surface area contributed by atoms with E-state index in [1.54, 1.807) is 18.2 Å². The van der Waals surface area contributed by atoms with Crippen LogP contribution in [0.1, 0.15) is 22.8 Å². The molecule has 0 heterocycles. The minimum absolute atomic E-state index is 0.129. The third-order valence-corrected chi connectivity index (χ3v) is 3.98. The molecule has 2 aromatic carbocycles. The van der Waals surface area contributed by atoms with Crippen LogP contribution in [0, 0.1) is 6.92 Å². The van der Waals surface area contributed by atoms with Gasteiger partial charge in [-0.05, 0) is 29.7 Å². The quantitative estimate of drug-likeness (QED) is 0.749. The molecule has 2 rings (SSSR count). The van der Waals surface area contributed by atoms with Gasteiger partial charge in [0.25, 0.3) is 0 Å². The highest BCUT2D eigenvalue weighted by atomic mass is 35.5. The standard InChI is InChI=1S/C18H20ClNO4/c1-12-9-14(7-8-15(12)19)17(22)16(21)10-20-18(23)24-11-13-5-3-2-4-6-13/h2-9,16-17,21-22H,10-11H2,1H3,(H,20,23). The number of alkyl carbamates (subject to hydrolysis) is 1. The number of carbonyl (C=O) groups excluding carboxylic acids is 1. The molecule has 0 aliphatic carbocycles. The fourth-order valence-electron chi connectivity index (χ4n) is 2.15. The maximum Gasteiger partial charge on any atom is 0.407 e. The predicted octanol–water partition coefficient (Wildman–Crippen LogP) is 2.97. The molecule has 24 heavy (non-hydrogen) atoms. The number of aliphatic hydroxyl groups is 2. The summed E-state index contributed by atoms with van der Waals surface area (Å²) in [7, 11) is 0. The summed E-state index contributed by atoms with van der Waals surface area (Å²) in [6.07, 6.45) is -2.94. The second-order valence-corrected chi connectivity index (χ2v) is 5.87. The molecule has 0 saturated heterocycles. The van der Waals surface area contributed by atoms with Gasteiger partial charge in [0.05, 0.1) is 0 Å². The average Bonchev–Trinajstić information content (AvgIpc) is 2.60. The van der Waals surface area contributed by atoms with Gasteiger partial charge in [-0.15, -0.1) is 0 Å². The number of carbonyl (C=O) groups is 1. The molecule has 128 valence electrons. The van der Waals surface area contributed by atoms with Crippen molar-refractivity contribution in [2.75, 3.05) is 6.54 Å². The summed E-state index contributed by atoms with van der Waals surface area (Å²) in [4.78, 5) is 11.6. The molecule has 5 nitrogen and oxygen atoms in total. The summed E-state index contributed by atoms with van der Waals surface area (Å²) in [5.74, 6) is 0. The highest BCUT2D eigenvalue weighted by Gasteiger charge is 2.20. The van der Waals surface area contributed by atoms with Crippen molar-refractivity contribution in [2.24, 2.45) is 0 Å². The Hall–Kier alpha value is -2.08. The number of aryl methyl sites for hydroxylation is 1. The van der Waals surface area contributed by atoms with Crippen LogP contribution in [0.3, 0.4) is 0 Å². The number of aliphatic hydroxyl groups excluding tert-OH is 2. The summed E-state index contributed by atoms with van der Waals surface area (Å²) in [5, 5.41) is 23.2. The van der Waals surface area contributed by atoms with E-state index in [9.17, 15) is 15.0 Å². The number of rotatable bonds is 6. The smallest absolute Gasteiger partial charge is 0.407 e. The molecular weight excluding hydrogens is 330 g/mol. The molecule has 0 aliphatic heterocycles. The zero-order chi connectivity index (χ0) is 17.5. The summed E-state index contributed by atoms with van der Waals surface area (Å²) in [6.45, 7) is 1.82. The van der Waals surface area contributed by atoms with Gasteiger partial charge in [-0.2, -0.15) is 0 Å². The van der Waals surface area contributed by atoms with Crippen molar-refractivity contribution < 1.29 is 19.7 Å². The summed E-state index contributed by atoms with van der Waals surface area (Å²) >= 11 is 5.94. The summed E-state index contributed by atoms with van der Waals surface area (Å²) < 4.78 is 5.04. The maximum atomic E-state index is 11.6. The normalized spacial score (nSPS) is 13.2. The number of nitrogens with one attached hydrogen (secondary N) is 1. The monoisotopic (exact) mass is 349 g/mol. The molecule has 2 aromatic rings. The van der Waals surface area contributed by atoms with Crippen LogP contribution < -0.4 is 5.32 Å². The lowest BCUT2D eigenvalue weighted by Gasteiger charge is -2.19. The van der Waals surface area contributed by atoms with Crippen molar-refractivity contribution in [3.05, 3.63) is 70.2 Å². The highest BCUT2D eigenvalue weighted by molar-refractivity contribution is 6.31. The minimum Gasteiger partial charge on any atom is -0.445 e. The van der Waals surface area contributed by atoms with Crippen molar-refractivity contribution >= 4 is 17.7 Å². The molecule has 0 saturated carbocycles. The number of halogens is 1.